The van der Waals surface area contributed by atoms with Crippen LogP contribution >= 0.6 is 0 Å². The molecule has 0 unspecified atom stereocenters. The standard InChI is InChI=1S/C22H27FN2O4S/c1-16-4-7-18(23)14-20(16)30(27,28)25-12-10-22(2,11-13-25)21(26)24-15-17-5-8-19(29-3)9-6-17/h4-9,14H,10-13,15H2,1-3H3,(H,24,26). The molecule has 2 aromatic rings. The molecule has 1 heterocycles. The normalized spacial score (nSPS) is 16.8. The number of methoxy groups -OCH3 is 1. The number of halogens is 1. The molecule has 0 aromatic heterocycles. The highest BCUT2D eigenvalue weighted by molar-refractivity contribution is 7.89. The van der Waals surface area contributed by atoms with Gasteiger partial charge in [0.1, 0.15) is 11.6 Å². The van der Waals surface area contributed by atoms with Gasteiger partial charge in [0.15, 0.2) is 0 Å². The van der Waals surface area contributed by atoms with Crippen LogP contribution in [-0.4, -0.2) is 38.8 Å². The summed E-state index contributed by atoms with van der Waals surface area (Å²) in [6.07, 6.45) is 0.796. The van der Waals surface area contributed by atoms with Gasteiger partial charge in [0.2, 0.25) is 15.9 Å². The van der Waals surface area contributed by atoms with E-state index >= 15 is 0 Å². The molecule has 0 radical (unpaired) electrons. The zero-order valence-electron chi connectivity index (χ0n) is 17.4. The lowest BCUT2D eigenvalue weighted by molar-refractivity contribution is -0.132. The molecule has 1 aliphatic rings. The predicted octanol–water partition coefficient (Wildman–Crippen LogP) is 3.25. The summed E-state index contributed by atoms with van der Waals surface area (Å²) in [5.41, 5.74) is 0.798. The molecule has 0 aliphatic carbocycles. The number of hydrogen-bond acceptors (Lipinski definition) is 4. The Bertz CT molecular complexity index is 1010. The lowest BCUT2D eigenvalue weighted by Gasteiger charge is -2.37. The van der Waals surface area contributed by atoms with Crippen molar-refractivity contribution in [2.45, 2.75) is 38.1 Å². The van der Waals surface area contributed by atoms with Gasteiger partial charge < -0.3 is 10.1 Å². The zero-order chi connectivity index (χ0) is 21.9. The topological polar surface area (TPSA) is 75.7 Å². The number of aryl methyl sites for hydroxylation is 1. The number of carbonyl (C=O) groups is 1. The molecular formula is C22H27FN2O4S. The Morgan fingerprint density at radius 3 is 2.40 bits per heavy atom. The molecule has 3 rings (SSSR count). The molecule has 0 spiro atoms. The van der Waals surface area contributed by atoms with Gasteiger partial charge in [-0.25, -0.2) is 12.8 Å². The number of carbonyl (C=O) groups excluding carboxylic acids is 1. The first kappa shape index (κ1) is 22.2. The van der Waals surface area contributed by atoms with Crippen LogP contribution in [0.4, 0.5) is 4.39 Å². The minimum absolute atomic E-state index is 0.0185. The first-order valence-corrected chi connectivity index (χ1v) is 11.3. The molecule has 8 heteroatoms. The summed E-state index contributed by atoms with van der Waals surface area (Å²) in [7, 11) is -2.21. The van der Waals surface area contributed by atoms with E-state index in [9.17, 15) is 17.6 Å². The minimum atomic E-state index is -3.80. The largest absolute Gasteiger partial charge is 0.497 e. The quantitative estimate of drug-likeness (QED) is 0.757. The van der Waals surface area contributed by atoms with E-state index in [1.807, 2.05) is 31.2 Å². The van der Waals surface area contributed by atoms with Crippen LogP contribution in [-0.2, 0) is 21.4 Å². The monoisotopic (exact) mass is 434 g/mol. The SMILES string of the molecule is COc1ccc(CNC(=O)C2(C)CCN(S(=O)(=O)c3cc(F)ccc3C)CC2)cc1. The first-order chi connectivity index (χ1) is 14.2. The molecule has 1 fully saturated rings. The van der Waals surface area contributed by atoms with Crippen molar-refractivity contribution in [2.24, 2.45) is 5.41 Å². The average molecular weight is 435 g/mol. The molecule has 1 aliphatic heterocycles. The number of piperidine rings is 1. The Kier molecular flexibility index (Phi) is 6.47. The molecule has 162 valence electrons. The summed E-state index contributed by atoms with van der Waals surface area (Å²) in [5.74, 6) is 0.0652. The maximum absolute atomic E-state index is 13.6. The number of hydrogen-bond donors (Lipinski definition) is 1. The van der Waals surface area contributed by atoms with Crippen molar-refractivity contribution in [2.75, 3.05) is 20.2 Å². The predicted molar refractivity (Wildman–Crippen MR) is 112 cm³/mol. The van der Waals surface area contributed by atoms with E-state index in [1.165, 1.54) is 16.4 Å². The Hall–Kier alpha value is -2.45. The number of nitrogens with one attached hydrogen (secondary N) is 1. The van der Waals surface area contributed by atoms with Crippen LogP contribution in [0.1, 0.15) is 30.9 Å². The van der Waals surface area contributed by atoms with E-state index in [0.717, 1.165) is 17.4 Å². The van der Waals surface area contributed by atoms with Gasteiger partial charge in [0.25, 0.3) is 0 Å². The summed E-state index contributed by atoms with van der Waals surface area (Å²) >= 11 is 0. The molecule has 0 saturated carbocycles. The van der Waals surface area contributed by atoms with Gasteiger partial charge in [-0.05, 0) is 55.2 Å². The van der Waals surface area contributed by atoms with Gasteiger partial charge in [-0.2, -0.15) is 4.31 Å². The molecule has 6 nitrogen and oxygen atoms in total. The number of rotatable bonds is 6. The number of nitrogens with zero attached hydrogens (tertiary/aromatic N) is 1. The number of amides is 1. The van der Waals surface area contributed by atoms with Crippen molar-refractivity contribution in [1.82, 2.24) is 9.62 Å². The van der Waals surface area contributed by atoms with E-state index in [2.05, 4.69) is 5.32 Å². The van der Waals surface area contributed by atoms with Gasteiger partial charge in [0.05, 0.1) is 12.0 Å². The van der Waals surface area contributed by atoms with Crippen molar-refractivity contribution >= 4 is 15.9 Å². The van der Waals surface area contributed by atoms with E-state index < -0.39 is 21.3 Å². The Balaban J connectivity index is 1.62. The van der Waals surface area contributed by atoms with Crippen LogP contribution in [0.5, 0.6) is 5.75 Å². The Morgan fingerprint density at radius 2 is 1.80 bits per heavy atom. The maximum atomic E-state index is 13.6. The second-order valence-electron chi connectivity index (χ2n) is 7.91. The fourth-order valence-electron chi connectivity index (χ4n) is 3.58. The number of benzene rings is 2. The van der Waals surface area contributed by atoms with Gasteiger partial charge in [0, 0.05) is 25.0 Å². The summed E-state index contributed by atoms with van der Waals surface area (Å²) in [4.78, 5) is 12.8. The van der Waals surface area contributed by atoms with Crippen LogP contribution in [0.25, 0.3) is 0 Å². The Labute approximate surface area is 177 Å². The van der Waals surface area contributed by atoms with Crippen molar-refractivity contribution in [3.8, 4) is 5.75 Å². The van der Waals surface area contributed by atoms with Crippen LogP contribution in [0, 0.1) is 18.2 Å². The second kappa shape index (κ2) is 8.73. The fraction of sp³-hybridized carbons (Fsp3) is 0.409. The highest BCUT2D eigenvalue weighted by atomic mass is 32.2. The fourth-order valence-corrected chi connectivity index (χ4v) is 5.26. The van der Waals surface area contributed by atoms with E-state index in [0.29, 0.717) is 24.9 Å². The lowest BCUT2D eigenvalue weighted by atomic mass is 9.80. The van der Waals surface area contributed by atoms with Crippen molar-refractivity contribution in [3.63, 3.8) is 0 Å². The third-order valence-electron chi connectivity index (χ3n) is 5.75. The summed E-state index contributed by atoms with van der Waals surface area (Å²) in [5, 5.41) is 2.95. The molecule has 1 N–H and O–H groups in total. The molecular weight excluding hydrogens is 407 g/mol. The highest BCUT2D eigenvalue weighted by Gasteiger charge is 2.40. The summed E-state index contributed by atoms with van der Waals surface area (Å²) < 4.78 is 46.0. The zero-order valence-corrected chi connectivity index (χ0v) is 18.3. The van der Waals surface area contributed by atoms with Crippen LogP contribution in [0.2, 0.25) is 0 Å². The van der Waals surface area contributed by atoms with E-state index in [4.69, 9.17) is 4.74 Å². The van der Waals surface area contributed by atoms with Gasteiger partial charge in [-0.1, -0.05) is 25.1 Å². The minimum Gasteiger partial charge on any atom is -0.497 e. The molecule has 0 atom stereocenters. The van der Waals surface area contributed by atoms with E-state index in [1.54, 1.807) is 14.0 Å². The van der Waals surface area contributed by atoms with Gasteiger partial charge in [-0.3, -0.25) is 4.79 Å². The first-order valence-electron chi connectivity index (χ1n) is 9.83. The van der Waals surface area contributed by atoms with Crippen molar-refractivity contribution < 1.29 is 22.3 Å². The number of ether oxygens (including phenoxy) is 1. The highest BCUT2D eigenvalue weighted by Crippen LogP contribution is 2.34. The maximum Gasteiger partial charge on any atom is 0.243 e. The molecule has 0 bridgehead atoms. The van der Waals surface area contributed by atoms with Gasteiger partial charge in [-0.15, -0.1) is 0 Å². The van der Waals surface area contributed by atoms with Crippen LogP contribution in [0.3, 0.4) is 0 Å². The summed E-state index contributed by atoms with van der Waals surface area (Å²) in [6, 6.07) is 11.2. The van der Waals surface area contributed by atoms with Gasteiger partial charge >= 0.3 is 0 Å². The Morgan fingerprint density at radius 1 is 1.17 bits per heavy atom. The van der Waals surface area contributed by atoms with Crippen LogP contribution in [0.15, 0.2) is 47.4 Å². The van der Waals surface area contributed by atoms with Crippen molar-refractivity contribution in [1.29, 1.82) is 0 Å². The molecule has 2 aromatic carbocycles. The molecule has 1 saturated heterocycles. The number of sulfonamides is 1. The van der Waals surface area contributed by atoms with Crippen molar-refractivity contribution in [3.05, 3.63) is 59.4 Å². The second-order valence-corrected chi connectivity index (χ2v) is 9.81. The molecule has 30 heavy (non-hydrogen) atoms. The smallest absolute Gasteiger partial charge is 0.243 e. The average Bonchev–Trinajstić information content (AvgIpc) is 2.74. The third-order valence-corrected chi connectivity index (χ3v) is 7.79. The summed E-state index contributed by atoms with van der Waals surface area (Å²) in [6.45, 7) is 4.32. The molecule has 1 amide bonds. The van der Waals surface area contributed by atoms with Crippen LogP contribution < -0.4 is 10.1 Å². The lowest BCUT2D eigenvalue weighted by Crippen LogP contribution is -2.48. The van der Waals surface area contributed by atoms with E-state index in [-0.39, 0.29) is 23.9 Å². The third kappa shape index (κ3) is 4.65.